The number of aromatic nitrogens is 4. The molecule has 0 unspecified atom stereocenters. The van der Waals surface area contributed by atoms with E-state index in [1.54, 1.807) is 0 Å². The highest BCUT2D eigenvalue weighted by Crippen LogP contribution is 2.39. The Bertz CT molecular complexity index is 769. The van der Waals surface area contributed by atoms with E-state index in [9.17, 15) is 0 Å². The molecule has 0 atom stereocenters. The number of nitrogens with zero attached hydrogens (tertiary/aromatic N) is 4. The van der Waals surface area contributed by atoms with Crippen LogP contribution in [0.5, 0.6) is 0 Å². The molecule has 4 nitrogen and oxygen atoms in total. The molecule has 0 aliphatic carbocycles. The third-order valence-corrected chi connectivity index (χ3v) is 4.36. The van der Waals surface area contributed by atoms with Crippen LogP contribution in [0.4, 0.5) is 0 Å². The van der Waals surface area contributed by atoms with Crippen molar-refractivity contribution in [1.29, 1.82) is 0 Å². The topological polar surface area (TPSA) is 51.6 Å². The molecule has 0 spiro atoms. The molecule has 0 amide bonds. The molecule has 4 rings (SSSR count). The number of hydrogen-bond donors (Lipinski definition) is 0. The second kappa shape index (κ2) is 7.66. The molecule has 4 heterocycles. The highest BCUT2D eigenvalue weighted by Gasteiger charge is 2.31. The second-order valence-electron chi connectivity index (χ2n) is 5.97. The first-order valence-electron chi connectivity index (χ1n) is 8.57. The lowest BCUT2D eigenvalue weighted by Crippen LogP contribution is -2.18. The Kier molecular flexibility index (Phi) is 4.74. The van der Waals surface area contributed by atoms with Gasteiger partial charge in [-0.3, -0.25) is 19.9 Å². The molecule has 4 aromatic rings. The van der Waals surface area contributed by atoms with Crippen LogP contribution < -0.4 is 0 Å². The van der Waals surface area contributed by atoms with Gasteiger partial charge in [-0.1, -0.05) is 24.3 Å². The summed E-state index contributed by atoms with van der Waals surface area (Å²) in [6, 6.07) is 23.9. The van der Waals surface area contributed by atoms with Crippen molar-refractivity contribution in [2.24, 2.45) is 0 Å². The summed E-state index contributed by atoms with van der Waals surface area (Å²) in [5.74, 6) is -0.163. The Morgan fingerprint density at radius 1 is 0.385 bits per heavy atom. The number of rotatable bonds is 5. The molecule has 0 radical (unpaired) electrons. The predicted molar refractivity (Wildman–Crippen MR) is 101 cm³/mol. The van der Waals surface area contributed by atoms with Crippen LogP contribution in [0.15, 0.2) is 97.6 Å². The van der Waals surface area contributed by atoms with Crippen LogP contribution in [-0.4, -0.2) is 19.9 Å². The molecule has 0 N–H and O–H groups in total. The maximum atomic E-state index is 4.63. The zero-order valence-electron chi connectivity index (χ0n) is 14.2. The largest absolute Gasteiger partial charge is 0.261 e. The van der Waals surface area contributed by atoms with Crippen molar-refractivity contribution in [3.63, 3.8) is 0 Å². The second-order valence-corrected chi connectivity index (χ2v) is 5.97. The van der Waals surface area contributed by atoms with Gasteiger partial charge in [-0.05, 0) is 48.5 Å². The zero-order chi connectivity index (χ0) is 17.6. The van der Waals surface area contributed by atoms with Crippen LogP contribution in [0.1, 0.15) is 34.6 Å². The van der Waals surface area contributed by atoms with Gasteiger partial charge in [0.15, 0.2) is 0 Å². The van der Waals surface area contributed by atoms with Gasteiger partial charge < -0.3 is 0 Å². The smallest absolute Gasteiger partial charge is 0.0575 e. The summed E-state index contributed by atoms with van der Waals surface area (Å²) in [6.45, 7) is 0. The Morgan fingerprint density at radius 3 is 0.846 bits per heavy atom. The monoisotopic (exact) mass is 338 g/mol. The van der Waals surface area contributed by atoms with E-state index in [0.29, 0.717) is 0 Å². The van der Waals surface area contributed by atoms with E-state index in [-0.39, 0.29) is 11.8 Å². The van der Waals surface area contributed by atoms with Crippen molar-refractivity contribution in [2.75, 3.05) is 0 Å². The maximum Gasteiger partial charge on any atom is 0.0575 e. The standard InChI is InChI=1S/C22H18N4/c1-5-13-23-17(9-1)21(18-10-2-6-14-24-18)22(19-11-3-7-15-25-19)20-12-4-8-16-26-20/h1-16,21-22H. The summed E-state index contributed by atoms with van der Waals surface area (Å²) < 4.78 is 0. The average Bonchev–Trinajstić information content (AvgIpc) is 2.74. The van der Waals surface area contributed by atoms with Crippen LogP contribution in [0.25, 0.3) is 0 Å². The van der Waals surface area contributed by atoms with Crippen molar-refractivity contribution in [1.82, 2.24) is 19.9 Å². The molecule has 0 bridgehead atoms. The number of pyridine rings is 4. The SMILES string of the molecule is c1ccc(C(c2ccccn2)C(c2ccccn2)c2ccccn2)nc1. The van der Waals surface area contributed by atoms with Crippen LogP contribution in [0.3, 0.4) is 0 Å². The van der Waals surface area contributed by atoms with Crippen molar-refractivity contribution in [2.45, 2.75) is 11.8 Å². The van der Waals surface area contributed by atoms with E-state index >= 15 is 0 Å². The first-order chi connectivity index (χ1) is 12.9. The highest BCUT2D eigenvalue weighted by molar-refractivity contribution is 5.36. The summed E-state index contributed by atoms with van der Waals surface area (Å²) in [7, 11) is 0. The summed E-state index contributed by atoms with van der Waals surface area (Å²) in [5.41, 5.74) is 3.81. The van der Waals surface area contributed by atoms with Crippen molar-refractivity contribution >= 4 is 0 Å². The normalized spacial score (nSPS) is 11.0. The Morgan fingerprint density at radius 2 is 0.654 bits per heavy atom. The van der Waals surface area contributed by atoms with E-state index in [4.69, 9.17) is 0 Å². The molecular weight excluding hydrogens is 320 g/mol. The molecule has 26 heavy (non-hydrogen) atoms. The Hall–Kier alpha value is -3.40. The highest BCUT2D eigenvalue weighted by atomic mass is 14.8. The molecule has 4 heteroatoms. The van der Waals surface area contributed by atoms with Gasteiger partial charge in [0.2, 0.25) is 0 Å². The average molecular weight is 338 g/mol. The molecule has 0 aliphatic heterocycles. The number of hydrogen-bond acceptors (Lipinski definition) is 4. The molecule has 0 aliphatic rings. The van der Waals surface area contributed by atoms with Gasteiger partial charge in [0.1, 0.15) is 0 Å². The summed E-state index contributed by atoms with van der Waals surface area (Å²) in [6.07, 6.45) is 7.27. The molecule has 126 valence electrons. The molecule has 0 fully saturated rings. The summed E-state index contributed by atoms with van der Waals surface area (Å²) in [4.78, 5) is 18.5. The van der Waals surface area contributed by atoms with E-state index in [0.717, 1.165) is 22.8 Å². The molecule has 0 saturated heterocycles. The quantitative estimate of drug-likeness (QED) is 0.546. The van der Waals surface area contributed by atoms with Gasteiger partial charge in [-0.2, -0.15) is 0 Å². The fraction of sp³-hybridized carbons (Fsp3) is 0.0909. The van der Waals surface area contributed by atoms with Crippen molar-refractivity contribution in [3.8, 4) is 0 Å². The van der Waals surface area contributed by atoms with Crippen molar-refractivity contribution in [3.05, 3.63) is 120 Å². The van der Waals surface area contributed by atoms with Gasteiger partial charge in [-0.25, -0.2) is 0 Å². The lowest BCUT2D eigenvalue weighted by molar-refractivity contribution is 0.626. The summed E-state index contributed by atoms with van der Waals surface area (Å²) >= 11 is 0. The fourth-order valence-corrected chi connectivity index (χ4v) is 3.23. The van der Waals surface area contributed by atoms with Crippen LogP contribution in [0, 0.1) is 0 Å². The molecule has 0 saturated carbocycles. The van der Waals surface area contributed by atoms with Gasteiger partial charge in [0.05, 0.1) is 34.6 Å². The van der Waals surface area contributed by atoms with Gasteiger partial charge in [0.25, 0.3) is 0 Å². The lowest BCUT2D eigenvalue weighted by Gasteiger charge is -2.26. The first kappa shape index (κ1) is 16.1. The van der Waals surface area contributed by atoms with Gasteiger partial charge in [-0.15, -0.1) is 0 Å². The molecular formula is C22H18N4. The van der Waals surface area contributed by atoms with E-state index in [2.05, 4.69) is 19.9 Å². The van der Waals surface area contributed by atoms with Crippen LogP contribution >= 0.6 is 0 Å². The minimum atomic E-state index is -0.0813. The third kappa shape index (κ3) is 3.35. The lowest BCUT2D eigenvalue weighted by atomic mass is 9.81. The minimum Gasteiger partial charge on any atom is -0.261 e. The first-order valence-corrected chi connectivity index (χ1v) is 8.57. The maximum absolute atomic E-state index is 4.63. The predicted octanol–water partition coefficient (Wildman–Crippen LogP) is 4.23. The van der Waals surface area contributed by atoms with E-state index in [1.165, 1.54) is 0 Å². The van der Waals surface area contributed by atoms with Crippen LogP contribution in [0.2, 0.25) is 0 Å². The van der Waals surface area contributed by atoms with Gasteiger partial charge >= 0.3 is 0 Å². The Labute approximate surface area is 152 Å². The minimum absolute atomic E-state index is 0.0813. The van der Waals surface area contributed by atoms with E-state index in [1.807, 2.05) is 97.6 Å². The van der Waals surface area contributed by atoms with Crippen LogP contribution in [-0.2, 0) is 0 Å². The fourth-order valence-electron chi connectivity index (χ4n) is 3.23. The summed E-state index contributed by atoms with van der Waals surface area (Å²) in [5, 5.41) is 0. The van der Waals surface area contributed by atoms with E-state index < -0.39 is 0 Å². The molecule has 0 aromatic carbocycles. The Balaban J connectivity index is 1.93. The molecule has 4 aromatic heterocycles. The third-order valence-electron chi connectivity index (χ3n) is 4.36. The zero-order valence-corrected chi connectivity index (χ0v) is 14.2. The van der Waals surface area contributed by atoms with Gasteiger partial charge in [0, 0.05) is 24.8 Å². The van der Waals surface area contributed by atoms with Crippen molar-refractivity contribution < 1.29 is 0 Å².